The van der Waals surface area contributed by atoms with Gasteiger partial charge in [0.15, 0.2) is 12.4 Å². The Labute approximate surface area is 86.9 Å². The van der Waals surface area contributed by atoms with E-state index in [1.807, 2.05) is 0 Å². The van der Waals surface area contributed by atoms with Crippen molar-refractivity contribution >= 4 is 5.97 Å². The fourth-order valence-corrected chi connectivity index (χ4v) is 1.25. The first-order valence-corrected chi connectivity index (χ1v) is 3.94. The molecule has 7 nitrogen and oxygen atoms in total. The van der Waals surface area contributed by atoms with Crippen molar-refractivity contribution in [3.63, 3.8) is 0 Å². The predicted molar refractivity (Wildman–Crippen MR) is 48.1 cm³/mol. The highest BCUT2D eigenvalue weighted by Gasteiger charge is 2.46. The maximum atomic E-state index is 10.5. The van der Waals surface area contributed by atoms with E-state index in [9.17, 15) is 20.1 Å². The summed E-state index contributed by atoms with van der Waals surface area (Å²) in [6.07, 6.45) is -7.60. The van der Waals surface area contributed by atoms with Gasteiger partial charge in [-0.05, 0) is 0 Å². The molecule has 4 N–H and O–H groups in total. The molecule has 0 radical (unpaired) electrons. The van der Waals surface area contributed by atoms with Crippen molar-refractivity contribution in [2.24, 2.45) is 0 Å². The van der Waals surface area contributed by atoms with Gasteiger partial charge in [-0.15, -0.1) is 0 Å². The summed E-state index contributed by atoms with van der Waals surface area (Å²) in [6.45, 7) is 0. The Balaban J connectivity index is 0.00000196. The third kappa shape index (κ3) is 2.64. The van der Waals surface area contributed by atoms with E-state index in [1.165, 1.54) is 7.11 Å². The van der Waals surface area contributed by atoms with Crippen LogP contribution in [-0.4, -0.2) is 64.2 Å². The molecule has 0 bridgehead atoms. The normalized spacial score (nSPS) is 40.7. The third-order valence-corrected chi connectivity index (χ3v) is 2.05. The lowest BCUT2D eigenvalue weighted by atomic mass is 9.99. The molecule has 90 valence electrons. The zero-order valence-corrected chi connectivity index (χ0v) is 7.40. The summed E-state index contributed by atoms with van der Waals surface area (Å²) in [5.41, 5.74) is 0. The number of rotatable bonds is 2. The van der Waals surface area contributed by atoms with Crippen LogP contribution < -0.4 is 0 Å². The van der Waals surface area contributed by atoms with E-state index in [2.05, 4.69) is 4.74 Å². The van der Waals surface area contributed by atoms with Crippen LogP contribution in [0.5, 0.6) is 0 Å². The summed E-state index contributed by atoms with van der Waals surface area (Å²) in [4.78, 5) is 10.5. The van der Waals surface area contributed by atoms with Crippen LogP contribution in [0.1, 0.15) is 7.43 Å². The summed E-state index contributed by atoms with van der Waals surface area (Å²) >= 11 is 0. The van der Waals surface area contributed by atoms with Crippen molar-refractivity contribution < 1.29 is 34.7 Å². The molecule has 0 aromatic rings. The van der Waals surface area contributed by atoms with Gasteiger partial charge in [0.2, 0.25) is 0 Å². The van der Waals surface area contributed by atoms with Crippen LogP contribution in [-0.2, 0) is 14.3 Å². The number of ether oxygens (including phenoxy) is 2. The van der Waals surface area contributed by atoms with Crippen LogP contribution in [0.15, 0.2) is 0 Å². The highest BCUT2D eigenvalue weighted by Crippen LogP contribution is 2.21. The summed E-state index contributed by atoms with van der Waals surface area (Å²) in [5, 5.41) is 36.3. The van der Waals surface area contributed by atoms with E-state index in [4.69, 9.17) is 9.84 Å². The number of carboxylic acid groups (broad SMARTS) is 1. The molecule has 0 saturated carbocycles. The van der Waals surface area contributed by atoms with Crippen molar-refractivity contribution in [1.29, 1.82) is 0 Å². The molecule has 1 aliphatic heterocycles. The van der Waals surface area contributed by atoms with Crippen LogP contribution in [0.4, 0.5) is 0 Å². The number of carbonyl (C=O) groups is 1. The molecule has 1 saturated heterocycles. The van der Waals surface area contributed by atoms with Gasteiger partial charge in [0.05, 0.1) is 0 Å². The van der Waals surface area contributed by atoms with Gasteiger partial charge in [-0.1, -0.05) is 7.43 Å². The molecular weight excluding hydrogens is 208 g/mol. The van der Waals surface area contributed by atoms with E-state index < -0.39 is 36.7 Å². The molecule has 7 heteroatoms. The Morgan fingerprint density at radius 3 is 2.13 bits per heavy atom. The smallest absolute Gasteiger partial charge is 0.335 e. The minimum Gasteiger partial charge on any atom is -0.479 e. The van der Waals surface area contributed by atoms with Crippen molar-refractivity contribution in [2.45, 2.75) is 38.1 Å². The number of carboxylic acids is 1. The summed E-state index contributed by atoms with van der Waals surface area (Å²) < 4.78 is 9.31. The molecule has 0 aromatic carbocycles. The van der Waals surface area contributed by atoms with Gasteiger partial charge < -0.3 is 29.9 Å². The van der Waals surface area contributed by atoms with Gasteiger partial charge in [-0.3, -0.25) is 0 Å². The second-order valence-electron chi connectivity index (χ2n) is 2.97. The van der Waals surface area contributed by atoms with Crippen molar-refractivity contribution in [1.82, 2.24) is 0 Å². The van der Waals surface area contributed by atoms with E-state index in [-0.39, 0.29) is 7.43 Å². The highest BCUT2D eigenvalue weighted by molar-refractivity contribution is 5.73. The maximum absolute atomic E-state index is 10.5. The number of aliphatic hydroxyl groups is 3. The molecule has 1 heterocycles. The topological polar surface area (TPSA) is 116 Å². The van der Waals surface area contributed by atoms with Gasteiger partial charge in [-0.2, -0.15) is 0 Å². The summed E-state index contributed by atoms with van der Waals surface area (Å²) in [6, 6.07) is 0. The average Bonchev–Trinajstić information content (AvgIpc) is 2.14. The molecule has 5 atom stereocenters. The van der Waals surface area contributed by atoms with E-state index >= 15 is 0 Å². The number of methoxy groups -OCH3 is 1. The quantitative estimate of drug-likeness (QED) is 0.435. The van der Waals surface area contributed by atoms with Crippen LogP contribution in [0.25, 0.3) is 0 Å². The first-order valence-electron chi connectivity index (χ1n) is 3.94. The number of aliphatic carboxylic acids is 1. The monoisotopic (exact) mass is 224 g/mol. The zero-order chi connectivity index (χ0) is 10.9. The fraction of sp³-hybridized carbons (Fsp3) is 0.875. The van der Waals surface area contributed by atoms with Gasteiger partial charge in [-0.25, -0.2) is 4.79 Å². The third-order valence-electron chi connectivity index (χ3n) is 2.05. The lowest BCUT2D eigenvalue weighted by Gasteiger charge is -2.37. The Kier molecular flexibility index (Phi) is 5.12. The predicted octanol–water partition coefficient (Wildman–Crippen LogP) is -1.84. The molecule has 1 aliphatic rings. The largest absolute Gasteiger partial charge is 0.479 e. The minimum absolute atomic E-state index is 0. The molecule has 1 fully saturated rings. The highest BCUT2D eigenvalue weighted by atomic mass is 16.7. The zero-order valence-electron chi connectivity index (χ0n) is 7.40. The maximum Gasteiger partial charge on any atom is 0.335 e. The standard InChI is InChI=1S/C7H12O7.CH4/c1-13-7-4(10)2(8)3(9)5(14-7)6(11)12;/h2-5,7-10H,1H3,(H,11,12);1H4. The lowest BCUT2D eigenvalue weighted by Crippen LogP contribution is -2.60. The minimum atomic E-state index is -1.67. The van der Waals surface area contributed by atoms with Crippen LogP contribution in [0, 0.1) is 0 Å². The fourth-order valence-electron chi connectivity index (χ4n) is 1.25. The Bertz CT molecular complexity index is 217. The summed E-state index contributed by atoms with van der Waals surface area (Å²) in [7, 11) is 1.19. The first kappa shape index (κ1) is 14.3. The second-order valence-corrected chi connectivity index (χ2v) is 2.97. The number of aliphatic hydroxyl groups excluding tert-OH is 3. The van der Waals surface area contributed by atoms with Crippen molar-refractivity contribution in [2.75, 3.05) is 7.11 Å². The van der Waals surface area contributed by atoms with Crippen molar-refractivity contribution in [3.05, 3.63) is 0 Å². The van der Waals surface area contributed by atoms with Crippen molar-refractivity contribution in [3.8, 4) is 0 Å². The molecule has 0 amide bonds. The van der Waals surface area contributed by atoms with Gasteiger partial charge in [0, 0.05) is 7.11 Å². The molecule has 5 unspecified atom stereocenters. The van der Waals surface area contributed by atoms with Gasteiger partial charge in [0.25, 0.3) is 0 Å². The Morgan fingerprint density at radius 1 is 1.20 bits per heavy atom. The molecule has 0 aromatic heterocycles. The molecule has 0 aliphatic carbocycles. The first-order chi connectivity index (χ1) is 6.49. The van der Waals surface area contributed by atoms with E-state index in [1.54, 1.807) is 0 Å². The Morgan fingerprint density at radius 2 is 1.73 bits per heavy atom. The molecule has 0 spiro atoms. The molecule has 15 heavy (non-hydrogen) atoms. The van der Waals surface area contributed by atoms with Gasteiger partial charge >= 0.3 is 5.97 Å². The number of hydrogen-bond acceptors (Lipinski definition) is 6. The average molecular weight is 224 g/mol. The molecule has 1 rings (SSSR count). The lowest BCUT2D eigenvalue weighted by molar-refractivity contribution is -0.287. The van der Waals surface area contributed by atoms with E-state index in [0.29, 0.717) is 0 Å². The summed E-state index contributed by atoms with van der Waals surface area (Å²) in [5.74, 6) is -1.43. The SMILES string of the molecule is C.COC1OC(C(=O)O)C(O)C(O)C1O. The second kappa shape index (κ2) is 5.38. The van der Waals surface area contributed by atoms with Crippen LogP contribution in [0.3, 0.4) is 0 Å². The van der Waals surface area contributed by atoms with E-state index in [0.717, 1.165) is 0 Å². The Hall–Kier alpha value is -0.730. The van der Waals surface area contributed by atoms with Crippen LogP contribution >= 0.6 is 0 Å². The van der Waals surface area contributed by atoms with Crippen LogP contribution in [0.2, 0.25) is 0 Å². The molecular formula is C8H16O7. The number of hydrogen-bond donors (Lipinski definition) is 4. The van der Waals surface area contributed by atoms with Gasteiger partial charge in [0.1, 0.15) is 18.3 Å².